The van der Waals surface area contributed by atoms with Gasteiger partial charge in [0.2, 0.25) is 0 Å². The average Bonchev–Trinajstić information content (AvgIpc) is 2.34. The highest BCUT2D eigenvalue weighted by molar-refractivity contribution is 5.79. The fourth-order valence-corrected chi connectivity index (χ4v) is 1.66. The quantitative estimate of drug-likeness (QED) is 0.797. The van der Waals surface area contributed by atoms with Crippen LogP contribution >= 0.6 is 0 Å². The van der Waals surface area contributed by atoms with Crippen LogP contribution in [0, 0.1) is 28.9 Å². The zero-order valence-electron chi connectivity index (χ0n) is 9.24. The molecule has 0 fully saturated rings. The number of benzene rings is 1. The SMILES string of the molecule is CC(C#N)Cc1ccc2c(F)ccc(F)c2n1. The van der Waals surface area contributed by atoms with Gasteiger partial charge in [0.15, 0.2) is 0 Å². The van der Waals surface area contributed by atoms with E-state index < -0.39 is 11.6 Å². The topological polar surface area (TPSA) is 36.7 Å². The van der Waals surface area contributed by atoms with Crippen LogP contribution in [0.4, 0.5) is 8.78 Å². The van der Waals surface area contributed by atoms with E-state index >= 15 is 0 Å². The number of pyridine rings is 1. The van der Waals surface area contributed by atoms with Gasteiger partial charge in [-0.05, 0) is 31.2 Å². The third kappa shape index (κ3) is 2.23. The first-order valence-electron chi connectivity index (χ1n) is 5.25. The van der Waals surface area contributed by atoms with E-state index in [9.17, 15) is 8.78 Å². The van der Waals surface area contributed by atoms with Gasteiger partial charge in [0, 0.05) is 23.4 Å². The third-order valence-corrected chi connectivity index (χ3v) is 2.55. The summed E-state index contributed by atoms with van der Waals surface area (Å²) in [5.74, 6) is -1.24. The smallest absolute Gasteiger partial charge is 0.149 e. The molecule has 0 bridgehead atoms. The Morgan fingerprint density at radius 2 is 1.94 bits per heavy atom. The van der Waals surface area contributed by atoms with Crippen LogP contribution in [0.25, 0.3) is 10.9 Å². The molecular weight excluding hydrogens is 222 g/mol. The zero-order valence-corrected chi connectivity index (χ0v) is 9.24. The Bertz CT molecular complexity index is 602. The molecule has 86 valence electrons. The molecule has 0 aliphatic rings. The van der Waals surface area contributed by atoms with Gasteiger partial charge in [-0.15, -0.1) is 0 Å². The van der Waals surface area contributed by atoms with Gasteiger partial charge in [-0.2, -0.15) is 5.26 Å². The van der Waals surface area contributed by atoms with Crippen LogP contribution in [0.15, 0.2) is 24.3 Å². The molecule has 2 rings (SSSR count). The largest absolute Gasteiger partial charge is 0.250 e. The molecule has 1 heterocycles. The van der Waals surface area contributed by atoms with Crippen LogP contribution in [0.3, 0.4) is 0 Å². The van der Waals surface area contributed by atoms with Gasteiger partial charge in [0.05, 0.1) is 6.07 Å². The van der Waals surface area contributed by atoms with Gasteiger partial charge in [-0.3, -0.25) is 0 Å². The highest BCUT2D eigenvalue weighted by Gasteiger charge is 2.09. The normalized spacial score (nSPS) is 12.4. The van der Waals surface area contributed by atoms with E-state index in [0.29, 0.717) is 12.1 Å². The molecule has 2 nitrogen and oxygen atoms in total. The maximum Gasteiger partial charge on any atom is 0.149 e. The van der Waals surface area contributed by atoms with E-state index in [-0.39, 0.29) is 16.8 Å². The predicted molar refractivity (Wildman–Crippen MR) is 60.1 cm³/mol. The van der Waals surface area contributed by atoms with Gasteiger partial charge < -0.3 is 0 Å². The van der Waals surface area contributed by atoms with E-state index in [0.717, 1.165) is 12.1 Å². The van der Waals surface area contributed by atoms with E-state index in [4.69, 9.17) is 5.26 Å². The molecular formula is C13H10F2N2. The Kier molecular flexibility index (Phi) is 3.01. The van der Waals surface area contributed by atoms with Crippen molar-refractivity contribution < 1.29 is 8.78 Å². The van der Waals surface area contributed by atoms with E-state index in [1.165, 1.54) is 6.07 Å². The monoisotopic (exact) mass is 232 g/mol. The minimum absolute atomic E-state index is 0.0210. The number of hydrogen-bond acceptors (Lipinski definition) is 2. The van der Waals surface area contributed by atoms with Crippen molar-refractivity contribution >= 4 is 10.9 Å². The van der Waals surface area contributed by atoms with Gasteiger partial charge in [0.25, 0.3) is 0 Å². The van der Waals surface area contributed by atoms with Gasteiger partial charge >= 0.3 is 0 Å². The third-order valence-electron chi connectivity index (χ3n) is 2.55. The molecule has 0 aliphatic carbocycles. The fraction of sp³-hybridized carbons (Fsp3) is 0.231. The molecule has 0 N–H and O–H groups in total. The van der Waals surface area contributed by atoms with Crippen molar-refractivity contribution in [2.45, 2.75) is 13.3 Å². The molecule has 0 saturated carbocycles. The summed E-state index contributed by atoms with van der Waals surface area (Å²) < 4.78 is 26.8. The Morgan fingerprint density at radius 3 is 2.65 bits per heavy atom. The van der Waals surface area contributed by atoms with Crippen LogP contribution in [-0.4, -0.2) is 4.98 Å². The van der Waals surface area contributed by atoms with E-state index in [2.05, 4.69) is 11.1 Å². The minimum atomic E-state index is -0.548. The minimum Gasteiger partial charge on any atom is -0.250 e. The van der Waals surface area contributed by atoms with Crippen LogP contribution in [0.1, 0.15) is 12.6 Å². The lowest BCUT2D eigenvalue weighted by Gasteiger charge is -2.05. The fourth-order valence-electron chi connectivity index (χ4n) is 1.66. The van der Waals surface area contributed by atoms with Crippen LogP contribution < -0.4 is 0 Å². The lowest BCUT2D eigenvalue weighted by Crippen LogP contribution is -2.00. The second-order valence-electron chi connectivity index (χ2n) is 3.96. The molecule has 0 saturated heterocycles. The average molecular weight is 232 g/mol. The summed E-state index contributed by atoms with van der Waals surface area (Å²) in [7, 11) is 0. The first-order valence-corrected chi connectivity index (χ1v) is 5.25. The molecule has 17 heavy (non-hydrogen) atoms. The Hall–Kier alpha value is -2.02. The summed E-state index contributed by atoms with van der Waals surface area (Å²) in [6.45, 7) is 1.76. The van der Waals surface area contributed by atoms with E-state index in [1.54, 1.807) is 13.0 Å². The van der Waals surface area contributed by atoms with Crippen LogP contribution in [0.5, 0.6) is 0 Å². The highest BCUT2D eigenvalue weighted by Crippen LogP contribution is 2.20. The van der Waals surface area contributed by atoms with Crippen molar-refractivity contribution in [3.8, 4) is 6.07 Å². The van der Waals surface area contributed by atoms with Crippen molar-refractivity contribution in [2.75, 3.05) is 0 Å². The van der Waals surface area contributed by atoms with Crippen molar-refractivity contribution in [3.63, 3.8) is 0 Å². The summed E-state index contributed by atoms with van der Waals surface area (Å²) in [5, 5.41) is 8.86. The number of nitriles is 1. The molecule has 1 aromatic carbocycles. The summed E-state index contributed by atoms with van der Waals surface area (Å²) in [6.07, 6.45) is 0.433. The lowest BCUT2D eigenvalue weighted by molar-refractivity contribution is 0.614. The molecule has 1 atom stereocenters. The molecule has 0 amide bonds. The van der Waals surface area contributed by atoms with E-state index in [1.807, 2.05) is 0 Å². The Labute approximate surface area is 97.5 Å². The molecule has 1 unspecified atom stereocenters. The Morgan fingerprint density at radius 1 is 1.24 bits per heavy atom. The van der Waals surface area contributed by atoms with Gasteiger partial charge in [0.1, 0.15) is 17.2 Å². The zero-order chi connectivity index (χ0) is 12.4. The number of rotatable bonds is 2. The molecule has 0 aliphatic heterocycles. The molecule has 0 radical (unpaired) electrons. The summed E-state index contributed by atoms with van der Waals surface area (Å²) in [5.41, 5.74) is 0.615. The summed E-state index contributed by atoms with van der Waals surface area (Å²) >= 11 is 0. The highest BCUT2D eigenvalue weighted by atomic mass is 19.1. The summed E-state index contributed by atoms with van der Waals surface area (Å²) in [4.78, 5) is 4.06. The van der Waals surface area contributed by atoms with Crippen molar-refractivity contribution in [1.82, 2.24) is 4.98 Å². The second-order valence-corrected chi connectivity index (χ2v) is 3.96. The number of halogens is 2. The van der Waals surface area contributed by atoms with Crippen LogP contribution in [-0.2, 0) is 6.42 Å². The predicted octanol–water partition coefficient (Wildman–Crippen LogP) is 3.22. The standard InChI is InChI=1S/C13H10F2N2/c1-8(7-16)6-9-2-3-10-11(14)4-5-12(15)13(10)17-9/h2-5,8H,6H2,1H3. The van der Waals surface area contributed by atoms with Crippen molar-refractivity contribution in [2.24, 2.45) is 5.92 Å². The van der Waals surface area contributed by atoms with Crippen LogP contribution in [0.2, 0.25) is 0 Å². The second kappa shape index (κ2) is 4.46. The molecule has 2 aromatic rings. The van der Waals surface area contributed by atoms with Crippen molar-refractivity contribution in [3.05, 3.63) is 41.6 Å². The number of hydrogen-bond donors (Lipinski definition) is 0. The van der Waals surface area contributed by atoms with Gasteiger partial charge in [-0.1, -0.05) is 0 Å². The Balaban J connectivity index is 2.51. The molecule has 4 heteroatoms. The lowest BCUT2D eigenvalue weighted by atomic mass is 10.1. The number of aromatic nitrogens is 1. The number of fused-ring (bicyclic) bond motifs is 1. The van der Waals surface area contributed by atoms with Crippen molar-refractivity contribution in [1.29, 1.82) is 5.26 Å². The summed E-state index contributed by atoms with van der Waals surface area (Å²) in [6, 6.07) is 7.34. The maximum atomic E-state index is 13.5. The maximum absolute atomic E-state index is 13.5. The molecule has 1 aromatic heterocycles. The molecule has 0 spiro atoms. The first-order chi connectivity index (χ1) is 8.11. The number of nitrogens with zero attached hydrogens (tertiary/aromatic N) is 2. The first kappa shape index (κ1) is 11.5. The van der Waals surface area contributed by atoms with Gasteiger partial charge in [-0.25, -0.2) is 13.8 Å².